The van der Waals surface area contributed by atoms with Crippen molar-refractivity contribution in [3.8, 4) is 0 Å². The molecule has 0 saturated carbocycles. The van der Waals surface area contributed by atoms with Crippen molar-refractivity contribution in [3.63, 3.8) is 0 Å². The highest BCUT2D eigenvalue weighted by molar-refractivity contribution is 5.66. The molecule has 0 aliphatic rings. The first kappa shape index (κ1) is 23.9. The van der Waals surface area contributed by atoms with Gasteiger partial charge in [-0.2, -0.15) is 0 Å². The van der Waals surface area contributed by atoms with E-state index in [1.165, 1.54) is 0 Å². The lowest BCUT2D eigenvalue weighted by atomic mass is 10.1. The normalized spacial score (nSPS) is 14.3. The van der Waals surface area contributed by atoms with Crippen LogP contribution in [0.25, 0.3) is 0 Å². The smallest absolute Gasteiger partial charge is 0.303 e. The van der Waals surface area contributed by atoms with Gasteiger partial charge in [-0.1, -0.05) is 62.0 Å². The average Bonchev–Trinajstić information content (AvgIpc) is 2.60. The highest BCUT2D eigenvalue weighted by atomic mass is 16.4. The first-order chi connectivity index (χ1) is 12.6. The lowest BCUT2D eigenvalue weighted by molar-refractivity contribution is -0.137. The fraction of sp³-hybridized carbons (Fsp3) is 0.500. The number of aliphatic carboxylic acids is 1. The number of hydrogen-bond donors (Lipinski definition) is 3. The number of carbonyl (C=O) groups is 1. The van der Waals surface area contributed by atoms with E-state index in [9.17, 15) is 15.0 Å². The third-order valence-electron chi connectivity index (χ3n) is 3.61. The van der Waals surface area contributed by atoms with Gasteiger partial charge in [0.1, 0.15) is 0 Å². The maximum Gasteiger partial charge on any atom is 0.303 e. The number of carboxylic acids is 1. The van der Waals surface area contributed by atoms with Gasteiger partial charge < -0.3 is 15.3 Å². The molecule has 4 nitrogen and oxygen atoms in total. The summed E-state index contributed by atoms with van der Waals surface area (Å²) >= 11 is 0. The highest BCUT2D eigenvalue weighted by Crippen LogP contribution is 2.06. The Morgan fingerprint density at radius 3 is 2.50 bits per heavy atom. The number of carboxylic acid groups (broad SMARTS) is 1. The summed E-state index contributed by atoms with van der Waals surface area (Å²) in [6.45, 7) is 2.06. The molecule has 0 aliphatic heterocycles. The number of aliphatic hydroxyl groups excluding tert-OH is 2. The van der Waals surface area contributed by atoms with Crippen LogP contribution in [0.2, 0.25) is 0 Å². The number of allylic oxidation sites excluding steroid dienone is 7. The van der Waals surface area contributed by atoms with Crippen molar-refractivity contribution >= 4 is 5.97 Å². The molecule has 4 heteroatoms. The third kappa shape index (κ3) is 18.3. The second kappa shape index (κ2) is 17.7. The second-order valence-electron chi connectivity index (χ2n) is 6.10. The van der Waals surface area contributed by atoms with Crippen LogP contribution in [-0.2, 0) is 4.79 Å². The minimum absolute atomic E-state index is 0.241. The molecule has 0 saturated heterocycles. The summed E-state index contributed by atoms with van der Waals surface area (Å²) in [6, 6.07) is 0. The van der Waals surface area contributed by atoms with Crippen molar-refractivity contribution < 1.29 is 20.1 Å². The number of rotatable bonds is 15. The molecular weight excluding hydrogens is 328 g/mol. The van der Waals surface area contributed by atoms with Crippen molar-refractivity contribution in [1.29, 1.82) is 0 Å². The molecule has 0 aliphatic carbocycles. The number of aliphatic hydroxyl groups is 2. The fourth-order valence-electron chi connectivity index (χ4n) is 2.15. The molecule has 0 amide bonds. The van der Waals surface area contributed by atoms with Gasteiger partial charge in [-0.15, -0.1) is 0 Å². The molecule has 0 aromatic carbocycles. The molecule has 146 valence electrons. The highest BCUT2D eigenvalue weighted by Gasteiger charge is 1.95. The maximum atomic E-state index is 10.4. The molecule has 0 spiro atoms. The molecule has 3 N–H and O–H groups in total. The van der Waals surface area contributed by atoms with Crippen molar-refractivity contribution in [2.75, 3.05) is 0 Å². The van der Waals surface area contributed by atoms with E-state index in [0.717, 1.165) is 32.1 Å². The molecule has 26 heavy (non-hydrogen) atoms. The maximum absolute atomic E-state index is 10.4. The Morgan fingerprint density at radius 2 is 1.77 bits per heavy atom. The van der Waals surface area contributed by atoms with Gasteiger partial charge in [-0.05, 0) is 44.6 Å². The molecule has 0 rings (SSSR count). The first-order valence-corrected chi connectivity index (χ1v) is 9.47. The Kier molecular flexibility index (Phi) is 16.3. The monoisotopic (exact) mass is 362 g/mol. The van der Waals surface area contributed by atoms with E-state index in [-0.39, 0.29) is 6.42 Å². The topological polar surface area (TPSA) is 77.8 Å². The van der Waals surface area contributed by atoms with Crippen LogP contribution in [0.15, 0.2) is 60.4 Å². The van der Waals surface area contributed by atoms with Gasteiger partial charge in [0, 0.05) is 12.8 Å². The SMILES string of the molecule is CC/C=C/CC(O)/C=C/C=C/C/C=C(\O)C/C=C/CCCCCC(=O)O. The van der Waals surface area contributed by atoms with E-state index < -0.39 is 12.1 Å². The number of hydrogen-bond acceptors (Lipinski definition) is 3. The summed E-state index contributed by atoms with van der Waals surface area (Å²) in [4.78, 5) is 10.4. The summed E-state index contributed by atoms with van der Waals surface area (Å²) in [5, 5.41) is 28.0. The zero-order chi connectivity index (χ0) is 19.5. The second-order valence-corrected chi connectivity index (χ2v) is 6.10. The first-order valence-electron chi connectivity index (χ1n) is 9.47. The third-order valence-corrected chi connectivity index (χ3v) is 3.61. The van der Waals surface area contributed by atoms with E-state index in [1.807, 2.05) is 42.5 Å². The molecule has 1 atom stereocenters. The van der Waals surface area contributed by atoms with Crippen molar-refractivity contribution in [3.05, 3.63) is 60.4 Å². The largest absolute Gasteiger partial charge is 0.512 e. The van der Waals surface area contributed by atoms with Crippen molar-refractivity contribution in [2.24, 2.45) is 0 Å². The summed E-state index contributed by atoms with van der Waals surface area (Å²) in [6.07, 6.45) is 23.2. The molecule has 0 bridgehead atoms. The number of unbranched alkanes of at least 4 members (excludes halogenated alkanes) is 3. The van der Waals surface area contributed by atoms with Crippen LogP contribution in [0.1, 0.15) is 64.7 Å². The van der Waals surface area contributed by atoms with Crippen molar-refractivity contribution in [2.45, 2.75) is 70.8 Å². The standard InChI is InChI=1S/C22H34O4/c1-2-3-10-15-20(23)17-12-8-9-13-18-21(24)16-11-6-4-5-7-14-19-22(25)26/h3,6,8-12,17-18,20,23-24H,2,4-5,7,13-16,19H2,1H3,(H,25,26)/b9-8+,10-3+,11-6+,17-12+,21-18-. The minimum atomic E-state index is -0.736. The van der Waals surface area contributed by atoms with Gasteiger partial charge in [0.2, 0.25) is 0 Å². The fourth-order valence-corrected chi connectivity index (χ4v) is 2.15. The van der Waals surface area contributed by atoms with Gasteiger partial charge in [-0.3, -0.25) is 4.79 Å². The average molecular weight is 363 g/mol. The van der Waals surface area contributed by atoms with E-state index >= 15 is 0 Å². The van der Waals surface area contributed by atoms with Gasteiger partial charge in [0.05, 0.1) is 11.9 Å². The Balaban J connectivity index is 3.78. The predicted molar refractivity (Wildman–Crippen MR) is 108 cm³/mol. The molecular formula is C22H34O4. The Morgan fingerprint density at radius 1 is 0.962 bits per heavy atom. The molecule has 0 fully saturated rings. The summed E-state index contributed by atoms with van der Waals surface area (Å²) in [5.74, 6) is -0.397. The van der Waals surface area contributed by atoms with E-state index in [2.05, 4.69) is 6.92 Å². The molecule has 1 unspecified atom stereocenters. The Bertz CT molecular complexity index is 498. The lowest BCUT2D eigenvalue weighted by Gasteiger charge is -1.98. The van der Waals surface area contributed by atoms with Crippen LogP contribution in [0.4, 0.5) is 0 Å². The van der Waals surface area contributed by atoms with Gasteiger partial charge in [-0.25, -0.2) is 0 Å². The van der Waals surface area contributed by atoms with Crippen LogP contribution < -0.4 is 0 Å². The van der Waals surface area contributed by atoms with E-state index in [0.29, 0.717) is 25.0 Å². The Labute approximate surface area is 157 Å². The zero-order valence-corrected chi connectivity index (χ0v) is 15.9. The minimum Gasteiger partial charge on any atom is -0.512 e. The molecule has 0 aromatic heterocycles. The van der Waals surface area contributed by atoms with Crippen LogP contribution in [0.3, 0.4) is 0 Å². The van der Waals surface area contributed by atoms with E-state index in [4.69, 9.17) is 5.11 Å². The Hall–Kier alpha value is -2.07. The zero-order valence-electron chi connectivity index (χ0n) is 15.9. The summed E-state index contributed by atoms with van der Waals surface area (Å²) in [7, 11) is 0. The predicted octanol–water partition coefficient (Wildman–Crippen LogP) is 5.63. The lowest BCUT2D eigenvalue weighted by Crippen LogP contribution is -1.98. The van der Waals surface area contributed by atoms with Gasteiger partial charge in [0.25, 0.3) is 0 Å². The van der Waals surface area contributed by atoms with Crippen molar-refractivity contribution in [1.82, 2.24) is 0 Å². The van der Waals surface area contributed by atoms with Crippen LogP contribution in [0, 0.1) is 0 Å². The van der Waals surface area contributed by atoms with Gasteiger partial charge >= 0.3 is 5.97 Å². The molecule has 0 radical (unpaired) electrons. The van der Waals surface area contributed by atoms with Crippen LogP contribution in [0.5, 0.6) is 0 Å². The molecule has 0 heterocycles. The van der Waals surface area contributed by atoms with Crippen LogP contribution in [-0.4, -0.2) is 27.4 Å². The van der Waals surface area contributed by atoms with Crippen LogP contribution >= 0.6 is 0 Å². The quantitative estimate of drug-likeness (QED) is 0.153. The summed E-state index contributed by atoms with van der Waals surface area (Å²) in [5.41, 5.74) is 0. The molecule has 0 aromatic rings. The van der Waals surface area contributed by atoms with Gasteiger partial charge in [0.15, 0.2) is 0 Å². The van der Waals surface area contributed by atoms with E-state index in [1.54, 1.807) is 12.2 Å². The summed E-state index contributed by atoms with van der Waals surface area (Å²) < 4.78 is 0.